The molecule has 102 valence electrons. The van der Waals surface area contributed by atoms with E-state index >= 15 is 0 Å². The van der Waals surface area contributed by atoms with Crippen molar-refractivity contribution in [3.05, 3.63) is 34.6 Å². The SMILES string of the molecule is Cc1cc(F)cc(C)c1C(O)CC(C)C(C)(C)C. The molecule has 0 aromatic heterocycles. The molecule has 0 heterocycles. The topological polar surface area (TPSA) is 20.2 Å². The van der Waals surface area contributed by atoms with E-state index in [1.165, 1.54) is 12.1 Å². The van der Waals surface area contributed by atoms with E-state index < -0.39 is 6.10 Å². The lowest BCUT2D eigenvalue weighted by Gasteiger charge is -2.30. The Morgan fingerprint density at radius 2 is 1.61 bits per heavy atom. The molecule has 2 atom stereocenters. The maximum atomic E-state index is 13.2. The van der Waals surface area contributed by atoms with Crippen LogP contribution in [0.3, 0.4) is 0 Å². The summed E-state index contributed by atoms with van der Waals surface area (Å²) in [4.78, 5) is 0. The van der Waals surface area contributed by atoms with Gasteiger partial charge >= 0.3 is 0 Å². The molecule has 1 rings (SSSR count). The van der Waals surface area contributed by atoms with Crippen LogP contribution in [0.2, 0.25) is 0 Å². The van der Waals surface area contributed by atoms with Gasteiger partial charge in [0.25, 0.3) is 0 Å². The molecule has 0 aliphatic rings. The van der Waals surface area contributed by atoms with Crippen molar-refractivity contribution in [1.29, 1.82) is 0 Å². The summed E-state index contributed by atoms with van der Waals surface area (Å²) in [6.45, 7) is 12.4. The molecule has 0 fully saturated rings. The second kappa shape index (κ2) is 5.40. The Kier molecular flexibility index (Phi) is 4.55. The molecule has 1 nitrogen and oxygen atoms in total. The highest BCUT2D eigenvalue weighted by Crippen LogP contribution is 2.35. The van der Waals surface area contributed by atoms with Crippen molar-refractivity contribution in [1.82, 2.24) is 0 Å². The molecule has 0 amide bonds. The summed E-state index contributed by atoms with van der Waals surface area (Å²) >= 11 is 0. The van der Waals surface area contributed by atoms with Crippen molar-refractivity contribution >= 4 is 0 Å². The van der Waals surface area contributed by atoms with Crippen molar-refractivity contribution in [2.24, 2.45) is 11.3 Å². The molecule has 1 aromatic rings. The van der Waals surface area contributed by atoms with Gasteiger partial charge in [-0.05, 0) is 60.4 Å². The number of aliphatic hydroxyl groups is 1. The summed E-state index contributed by atoms with van der Waals surface area (Å²) in [5, 5.41) is 10.4. The third-order valence-corrected chi connectivity index (χ3v) is 3.95. The standard InChI is InChI=1S/C16H25FO/c1-10-7-13(17)8-11(2)15(10)14(18)9-12(3)16(4,5)6/h7-8,12,14,18H,9H2,1-6H3. The van der Waals surface area contributed by atoms with Crippen LogP contribution >= 0.6 is 0 Å². The van der Waals surface area contributed by atoms with Gasteiger partial charge in [0.1, 0.15) is 5.82 Å². The van der Waals surface area contributed by atoms with Crippen LogP contribution in [0.1, 0.15) is 56.9 Å². The fourth-order valence-corrected chi connectivity index (χ4v) is 2.25. The molecule has 1 aromatic carbocycles. The van der Waals surface area contributed by atoms with Crippen LogP contribution in [0.5, 0.6) is 0 Å². The van der Waals surface area contributed by atoms with Gasteiger partial charge in [0.15, 0.2) is 0 Å². The van der Waals surface area contributed by atoms with E-state index in [1.807, 2.05) is 13.8 Å². The largest absolute Gasteiger partial charge is 0.388 e. The fourth-order valence-electron chi connectivity index (χ4n) is 2.25. The molecule has 0 spiro atoms. The van der Waals surface area contributed by atoms with Crippen LogP contribution in [0.4, 0.5) is 4.39 Å². The van der Waals surface area contributed by atoms with Crippen LogP contribution in [0.15, 0.2) is 12.1 Å². The van der Waals surface area contributed by atoms with Crippen LogP contribution in [-0.2, 0) is 0 Å². The Hall–Kier alpha value is -0.890. The first-order chi connectivity index (χ1) is 8.12. The lowest BCUT2D eigenvalue weighted by Crippen LogP contribution is -2.20. The van der Waals surface area contributed by atoms with E-state index in [0.29, 0.717) is 12.3 Å². The monoisotopic (exact) mass is 252 g/mol. The molecule has 0 saturated carbocycles. The van der Waals surface area contributed by atoms with E-state index in [2.05, 4.69) is 27.7 Å². The summed E-state index contributed by atoms with van der Waals surface area (Å²) in [6, 6.07) is 2.99. The zero-order chi connectivity index (χ0) is 14.1. The smallest absolute Gasteiger partial charge is 0.123 e. The summed E-state index contributed by atoms with van der Waals surface area (Å²) in [5.41, 5.74) is 2.72. The molecule has 0 radical (unpaired) electrons. The number of aryl methyl sites for hydroxylation is 2. The maximum Gasteiger partial charge on any atom is 0.123 e. The quantitative estimate of drug-likeness (QED) is 0.836. The van der Waals surface area contributed by atoms with Crippen molar-refractivity contribution < 1.29 is 9.50 Å². The highest BCUT2D eigenvalue weighted by molar-refractivity contribution is 5.36. The first-order valence-corrected chi connectivity index (χ1v) is 6.57. The molecule has 18 heavy (non-hydrogen) atoms. The van der Waals surface area contributed by atoms with E-state index in [1.54, 1.807) is 0 Å². The molecule has 0 aliphatic heterocycles. The van der Waals surface area contributed by atoms with E-state index in [4.69, 9.17) is 0 Å². The number of hydrogen-bond acceptors (Lipinski definition) is 1. The minimum atomic E-state index is -0.514. The van der Waals surface area contributed by atoms with Gasteiger partial charge in [-0.15, -0.1) is 0 Å². The molecule has 0 aliphatic carbocycles. The summed E-state index contributed by atoms with van der Waals surface area (Å²) in [5.74, 6) is 0.168. The van der Waals surface area contributed by atoms with Crippen LogP contribution < -0.4 is 0 Å². The van der Waals surface area contributed by atoms with Crippen LogP contribution in [0, 0.1) is 31.0 Å². The van der Waals surface area contributed by atoms with Crippen LogP contribution in [0.25, 0.3) is 0 Å². The molecular weight excluding hydrogens is 227 g/mol. The minimum Gasteiger partial charge on any atom is -0.388 e. The lowest BCUT2D eigenvalue weighted by molar-refractivity contribution is 0.110. The minimum absolute atomic E-state index is 0.169. The molecule has 2 heteroatoms. The second-order valence-corrected chi connectivity index (χ2v) is 6.47. The zero-order valence-corrected chi connectivity index (χ0v) is 12.3. The average Bonchev–Trinajstić information content (AvgIpc) is 2.13. The third kappa shape index (κ3) is 3.55. The summed E-state index contributed by atoms with van der Waals surface area (Å²) < 4.78 is 13.2. The molecule has 0 saturated heterocycles. The Morgan fingerprint density at radius 3 is 2.00 bits per heavy atom. The Morgan fingerprint density at radius 1 is 1.17 bits per heavy atom. The van der Waals surface area contributed by atoms with Crippen LogP contribution in [-0.4, -0.2) is 5.11 Å². The highest BCUT2D eigenvalue weighted by Gasteiger charge is 2.24. The summed E-state index contributed by atoms with van der Waals surface area (Å²) in [7, 11) is 0. The molecule has 0 bridgehead atoms. The number of benzene rings is 1. The van der Waals surface area contributed by atoms with E-state index in [-0.39, 0.29) is 11.2 Å². The van der Waals surface area contributed by atoms with Crippen molar-refractivity contribution in [2.45, 2.75) is 54.1 Å². The molecule has 2 unspecified atom stereocenters. The van der Waals surface area contributed by atoms with Gasteiger partial charge in [0.2, 0.25) is 0 Å². The van der Waals surface area contributed by atoms with Gasteiger partial charge in [-0.3, -0.25) is 0 Å². The fraction of sp³-hybridized carbons (Fsp3) is 0.625. The van der Waals surface area contributed by atoms with Gasteiger partial charge in [0, 0.05) is 0 Å². The molecule has 1 N–H and O–H groups in total. The number of halogens is 1. The summed E-state index contributed by atoms with van der Waals surface area (Å²) in [6.07, 6.45) is 0.191. The van der Waals surface area contributed by atoms with Gasteiger partial charge in [0.05, 0.1) is 6.10 Å². The van der Waals surface area contributed by atoms with Gasteiger partial charge in [-0.2, -0.15) is 0 Å². The van der Waals surface area contributed by atoms with E-state index in [9.17, 15) is 9.50 Å². The Labute approximate surface area is 110 Å². The highest BCUT2D eigenvalue weighted by atomic mass is 19.1. The Bertz CT molecular complexity index is 395. The third-order valence-electron chi connectivity index (χ3n) is 3.95. The van der Waals surface area contributed by atoms with Crippen molar-refractivity contribution in [2.75, 3.05) is 0 Å². The first kappa shape index (κ1) is 15.2. The van der Waals surface area contributed by atoms with Gasteiger partial charge in [-0.1, -0.05) is 27.7 Å². The van der Waals surface area contributed by atoms with Gasteiger partial charge in [-0.25, -0.2) is 4.39 Å². The number of hydrogen-bond donors (Lipinski definition) is 1. The van der Waals surface area contributed by atoms with Gasteiger partial charge < -0.3 is 5.11 Å². The predicted molar refractivity (Wildman–Crippen MR) is 74.1 cm³/mol. The lowest BCUT2D eigenvalue weighted by atomic mass is 9.77. The van der Waals surface area contributed by atoms with Crippen molar-refractivity contribution in [3.8, 4) is 0 Å². The number of aliphatic hydroxyl groups excluding tert-OH is 1. The van der Waals surface area contributed by atoms with Crippen molar-refractivity contribution in [3.63, 3.8) is 0 Å². The first-order valence-electron chi connectivity index (χ1n) is 6.57. The predicted octanol–water partition coefficient (Wildman–Crippen LogP) is 4.55. The zero-order valence-electron chi connectivity index (χ0n) is 12.3. The van der Waals surface area contributed by atoms with E-state index in [0.717, 1.165) is 16.7 Å². The average molecular weight is 252 g/mol. The normalized spacial score (nSPS) is 15.6. The number of rotatable bonds is 3. The Balaban J connectivity index is 2.95. The molecular formula is C16H25FO. The maximum absolute atomic E-state index is 13.2. The second-order valence-electron chi connectivity index (χ2n) is 6.47.